The third kappa shape index (κ3) is 2.23. The highest BCUT2D eigenvalue weighted by Gasteiger charge is 2.36. The first kappa shape index (κ1) is 14.7. The van der Waals surface area contributed by atoms with Gasteiger partial charge in [0.2, 0.25) is 0 Å². The number of benzene rings is 1. The minimum Gasteiger partial charge on any atom is -0.496 e. The molecule has 2 rings (SSSR count). The van der Waals surface area contributed by atoms with E-state index in [1.54, 1.807) is 6.07 Å². The summed E-state index contributed by atoms with van der Waals surface area (Å²) in [6, 6.07) is 3.65. The van der Waals surface area contributed by atoms with Crippen LogP contribution in [0.15, 0.2) is 12.1 Å². The van der Waals surface area contributed by atoms with E-state index in [9.17, 15) is 9.90 Å². The van der Waals surface area contributed by atoms with Crippen LogP contribution < -0.4 is 9.64 Å². The van der Waals surface area contributed by atoms with Gasteiger partial charge in [-0.1, -0.05) is 6.92 Å². The van der Waals surface area contributed by atoms with Gasteiger partial charge in [-0.2, -0.15) is 0 Å². The molecule has 4 heteroatoms. The smallest absolute Gasteiger partial charge is 0.339 e. The van der Waals surface area contributed by atoms with Gasteiger partial charge < -0.3 is 14.7 Å². The molecule has 0 radical (unpaired) electrons. The van der Waals surface area contributed by atoms with Crippen molar-refractivity contribution in [3.63, 3.8) is 0 Å². The average molecular weight is 277 g/mol. The number of aromatic carboxylic acids is 1. The lowest BCUT2D eigenvalue weighted by atomic mass is 9.79. The van der Waals surface area contributed by atoms with Crippen LogP contribution in [0, 0.1) is 0 Å². The van der Waals surface area contributed by atoms with Crippen LogP contribution >= 0.6 is 0 Å². The largest absolute Gasteiger partial charge is 0.496 e. The second-order valence-electron chi connectivity index (χ2n) is 6.08. The zero-order valence-electron chi connectivity index (χ0n) is 12.9. The van der Waals surface area contributed by atoms with Crippen molar-refractivity contribution in [2.45, 2.75) is 45.6 Å². The molecule has 4 nitrogen and oxygen atoms in total. The van der Waals surface area contributed by atoms with Crippen LogP contribution in [0.25, 0.3) is 0 Å². The number of carbonyl (C=O) groups is 1. The van der Waals surface area contributed by atoms with Gasteiger partial charge >= 0.3 is 5.97 Å². The summed E-state index contributed by atoms with van der Waals surface area (Å²) in [5, 5.41) is 9.32. The molecule has 20 heavy (non-hydrogen) atoms. The van der Waals surface area contributed by atoms with Crippen molar-refractivity contribution in [1.29, 1.82) is 0 Å². The Morgan fingerprint density at radius 3 is 2.65 bits per heavy atom. The van der Waals surface area contributed by atoms with E-state index in [0.29, 0.717) is 11.7 Å². The highest BCUT2D eigenvalue weighted by molar-refractivity contribution is 5.92. The summed E-state index contributed by atoms with van der Waals surface area (Å²) < 4.78 is 5.26. The number of hydrogen-bond acceptors (Lipinski definition) is 3. The second kappa shape index (κ2) is 5.00. The molecule has 1 aliphatic heterocycles. The molecule has 0 unspecified atom stereocenters. The van der Waals surface area contributed by atoms with Crippen molar-refractivity contribution < 1.29 is 14.6 Å². The minimum absolute atomic E-state index is 0.0664. The topological polar surface area (TPSA) is 49.8 Å². The Balaban J connectivity index is 2.66. The fourth-order valence-corrected chi connectivity index (χ4v) is 3.44. The summed E-state index contributed by atoms with van der Waals surface area (Å²) in [4.78, 5) is 13.7. The van der Waals surface area contributed by atoms with Crippen molar-refractivity contribution in [1.82, 2.24) is 0 Å². The van der Waals surface area contributed by atoms with Crippen LogP contribution in [0.1, 0.15) is 56.0 Å². The first-order valence-corrected chi connectivity index (χ1v) is 7.04. The fraction of sp³-hybridized carbons (Fsp3) is 0.562. The Morgan fingerprint density at radius 1 is 1.50 bits per heavy atom. The number of ether oxygens (including phenoxy) is 1. The van der Waals surface area contributed by atoms with E-state index >= 15 is 0 Å². The van der Waals surface area contributed by atoms with E-state index in [1.165, 1.54) is 7.11 Å². The van der Waals surface area contributed by atoms with Gasteiger partial charge in [0.1, 0.15) is 11.3 Å². The van der Waals surface area contributed by atoms with E-state index < -0.39 is 5.97 Å². The molecule has 0 aromatic heterocycles. The van der Waals surface area contributed by atoms with E-state index in [1.807, 2.05) is 6.07 Å². The van der Waals surface area contributed by atoms with Crippen molar-refractivity contribution in [3.8, 4) is 5.75 Å². The van der Waals surface area contributed by atoms with E-state index in [-0.39, 0.29) is 11.1 Å². The molecule has 0 spiro atoms. The predicted molar refractivity (Wildman–Crippen MR) is 80.1 cm³/mol. The molecule has 0 saturated heterocycles. The zero-order chi connectivity index (χ0) is 15.1. The maximum Gasteiger partial charge on any atom is 0.339 e. The Bertz CT molecular complexity index is 537. The van der Waals surface area contributed by atoms with Gasteiger partial charge in [0.05, 0.1) is 7.11 Å². The van der Waals surface area contributed by atoms with Gasteiger partial charge in [0.25, 0.3) is 0 Å². The summed E-state index contributed by atoms with van der Waals surface area (Å²) >= 11 is 0. The van der Waals surface area contributed by atoms with E-state index in [2.05, 4.69) is 32.6 Å². The van der Waals surface area contributed by atoms with Gasteiger partial charge in [-0.05, 0) is 44.7 Å². The number of carboxylic acid groups (broad SMARTS) is 1. The predicted octanol–water partition coefficient (Wildman–Crippen LogP) is 3.51. The lowest BCUT2D eigenvalue weighted by Gasteiger charge is -2.47. The van der Waals surface area contributed by atoms with Crippen molar-refractivity contribution >= 4 is 11.7 Å². The number of anilines is 1. The molecule has 1 aromatic rings. The summed E-state index contributed by atoms with van der Waals surface area (Å²) in [5.41, 5.74) is 2.51. The second-order valence-corrected chi connectivity index (χ2v) is 6.08. The molecular weight excluding hydrogens is 254 g/mol. The fourth-order valence-electron chi connectivity index (χ4n) is 3.44. The summed E-state index contributed by atoms with van der Waals surface area (Å²) in [7, 11) is 1.52. The molecule has 1 heterocycles. The van der Waals surface area contributed by atoms with Gasteiger partial charge in [-0.25, -0.2) is 4.79 Å². The number of rotatable bonds is 3. The molecule has 1 atom stereocenters. The molecular formula is C16H23NO3. The number of methoxy groups -OCH3 is 1. The van der Waals surface area contributed by atoms with Crippen LogP contribution in [0.3, 0.4) is 0 Å². The molecule has 0 aliphatic carbocycles. The summed E-state index contributed by atoms with van der Waals surface area (Å²) in [5.74, 6) is -0.170. The lowest BCUT2D eigenvalue weighted by Crippen LogP contribution is -2.48. The van der Waals surface area contributed by atoms with Crippen LogP contribution in [-0.4, -0.2) is 30.3 Å². The van der Waals surface area contributed by atoms with Gasteiger partial charge in [-0.3, -0.25) is 0 Å². The van der Waals surface area contributed by atoms with Crippen molar-refractivity contribution in [2.75, 3.05) is 18.6 Å². The molecule has 1 N–H and O–H groups in total. The first-order chi connectivity index (χ1) is 9.31. The Labute approximate surface area is 120 Å². The van der Waals surface area contributed by atoms with Crippen LogP contribution in [0.5, 0.6) is 5.75 Å². The highest BCUT2D eigenvalue weighted by Crippen LogP contribution is 2.45. The van der Waals surface area contributed by atoms with Gasteiger partial charge in [0.15, 0.2) is 0 Å². The SMILES string of the molecule is CCN1c2cc(OC)c(C(=O)O)cc2[C@H](C)CC1(C)C. The molecule has 0 saturated carbocycles. The molecule has 1 aliphatic rings. The summed E-state index contributed by atoms with van der Waals surface area (Å²) in [6.07, 6.45) is 1.01. The first-order valence-electron chi connectivity index (χ1n) is 7.04. The maximum atomic E-state index is 11.4. The Kier molecular flexibility index (Phi) is 3.67. The number of fused-ring (bicyclic) bond motifs is 1. The number of hydrogen-bond donors (Lipinski definition) is 1. The Morgan fingerprint density at radius 2 is 2.15 bits per heavy atom. The van der Waals surface area contributed by atoms with Gasteiger partial charge in [-0.15, -0.1) is 0 Å². The standard InChI is InChI=1S/C16H23NO3/c1-6-17-13-8-14(20-5)12(15(18)19)7-11(13)10(2)9-16(17,3)4/h7-8,10H,6,9H2,1-5H3,(H,18,19)/t10-/m1/s1. The molecule has 0 bridgehead atoms. The third-order valence-electron chi connectivity index (χ3n) is 4.25. The number of nitrogens with zero attached hydrogens (tertiary/aromatic N) is 1. The zero-order valence-corrected chi connectivity index (χ0v) is 12.9. The van der Waals surface area contributed by atoms with Crippen molar-refractivity contribution in [2.24, 2.45) is 0 Å². The quantitative estimate of drug-likeness (QED) is 0.918. The van der Waals surface area contributed by atoms with Gasteiger partial charge in [0, 0.05) is 23.8 Å². The summed E-state index contributed by atoms with van der Waals surface area (Å²) in [6.45, 7) is 9.63. The third-order valence-corrected chi connectivity index (χ3v) is 4.25. The monoisotopic (exact) mass is 277 g/mol. The minimum atomic E-state index is -0.940. The van der Waals surface area contributed by atoms with E-state index in [4.69, 9.17) is 4.74 Å². The number of carboxylic acids is 1. The van der Waals surface area contributed by atoms with Crippen LogP contribution in [0.2, 0.25) is 0 Å². The van der Waals surface area contributed by atoms with Crippen LogP contribution in [0.4, 0.5) is 5.69 Å². The highest BCUT2D eigenvalue weighted by atomic mass is 16.5. The molecule has 1 aromatic carbocycles. The average Bonchev–Trinajstić information content (AvgIpc) is 2.36. The molecule has 0 amide bonds. The van der Waals surface area contributed by atoms with Crippen LogP contribution in [-0.2, 0) is 0 Å². The van der Waals surface area contributed by atoms with Crippen molar-refractivity contribution in [3.05, 3.63) is 23.3 Å². The molecule has 0 fully saturated rings. The lowest BCUT2D eigenvalue weighted by molar-refractivity contribution is 0.0693. The maximum absolute atomic E-state index is 11.4. The normalized spacial score (nSPS) is 20.4. The Hall–Kier alpha value is -1.71. The van der Waals surface area contributed by atoms with E-state index in [0.717, 1.165) is 24.2 Å². The molecule has 110 valence electrons.